The summed E-state index contributed by atoms with van der Waals surface area (Å²) < 4.78 is 0. The van der Waals surface area contributed by atoms with Gasteiger partial charge in [-0.1, -0.05) is 30.3 Å². The Morgan fingerprint density at radius 2 is 1.76 bits per heavy atom. The van der Waals surface area contributed by atoms with Gasteiger partial charge in [0.1, 0.15) is 17.5 Å². The Bertz CT molecular complexity index is 593. The zero-order chi connectivity index (χ0) is 15.4. The maximum atomic E-state index is 4.67. The summed E-state index contributed by atoms with van der Waals surface area (Å²) in [4.78, 5) is 11.4. The van der Waals surface area contributed by atoms with Crippen LogP contribution in [0, 0.1) is 13.8 Å². The molecule has 1 heterocycles. The zero-order valence-electron chi connectivity index (χ0n) is 13.5. The second-order valence-corrected chi connectivity index (χ2v) is 5.53. The van der Waals surface area contributed by atoms with E-state index >= 15 is 0 Å². The molecule has 4 nitrogen and oxygen atoms in total. The standard InChI is InChI=1S/C17H24N4/c1-12(2)21(11-15-9-7-6-8-10-15)17-13(3)16(18-5)19-14(4)20-17/h6-10,12H,11H2,1-5H3,(H,18,19,20). The topological polar surface area (TPSA) is 41.1 Å². The molecular weight excluding hydrogens is 260 g/mol. The number of hydrogen-bond acceptors (Lipinski definition) is 4. The van der Waals surface area contributed by atoms with Crippen molar-refractivity contribution >= 4 is 11.6 Å². The Morgan fingerprint density at radius 3 is 2.33 bits per heavy atom. The first-order valence-electron chi connectivity index (χ1n) is 7.36. The molecule has 1 N–H and O–H groups in total. The van der Waals surface area contributed by atoms with Gasteiger partial charge in [0, 0.05) is 25.2 Å². The summed E-state index contributed by atoms with van der Waals surface area (Å²) in [5, 5.41) is 3.16. The number of nitrogens with zero attached hydrogens (tertiary/aromatic N) is 3. The number of rotatable bonds is 5. The van der Waals surface area contributed by atoms with Gasteiger partial charge >= 0.3 is 0 Å². The second kappa shape index (κ2) is 6.57. The van der Waals surface area contributed by atoms with E-state index in [1.165, 1.54) is 5.56 Å². The molecule has 2 aromatic rings. The molecule has 1 aromatic heterocycles. The SMILES string of the molecule is CNc1nc(C)nc(N(Cc2ccccc2)C(C)C)c1C. The smallest absolute Gasteiger partial charge is 0.137 e. The summed E-state index contributed by atoms with van der Waals surface area (Å²) in [6, 6.07) is 10.9. The van der Waals surface area contributed by atoms with Crippen LogP contribution < -0.4 is 10.2 Å². The van der Waals surface area contributed by atoms with Gasteiger partial charge in [0.25, 0.3) is 0 Å². The molecule has 0 radical (unpaired) electrons. The third kappa shape index (κ3) is 3.51. The monoisotopic (exact) mass is 284 g/mol. The van der Waals surface area contributed by atoms with Crippen LogP contribution in [0.2, 0.25) is 0 Å². The molecule has 0 aliphatic rings. The second-order valence-electron chi connectivity index (χ2n) is 5.53. The lowest BCUT2D eigenvalue weighted by Gasteiger charge is -2.30. The molecule has 0 spiro atoms. The molecule has 4 heteroatoms. The molecule has 0 aliphatic carbocycles. The third-order valence-electron chi connectivity index (χ3n) is 3.56. The van der Waals surface area contributed by atoms with E-state index in [0.717, 1.165) is 29.6 Å². The Labute approximate surface area is 127 Å². The van der Waals surface area contributed by atoms with Crippen molar-refractivity contribution in [3.05, 3.63) is 47.3 Å². The van der Waals surface area contributed by atoms with Crippen LogP contribution in [0.15, 0.2) is 30.3 Å². The minimum absolute atomic E-state index is 0.364. The van der Waals surface area contributed by atoms with E-state index in [1.54, 1.807) is 0 Å². The molecule has 0 saturated heterocycles. The van der Waals surface area contributed by atoms with Crippen LogP contribution in [-0.2, 0) is 6.54 Å². The molecule has 112 valence electrons. The fourth-order valence-electron chi connectivity index (χ4n) is 2.42. The molecule has 0 unspecified atom stereocenters. The van der Waals surface area contributed by atoms with Gasteiger partial charge in [-0.15, -0.1) is 0 Å². The summed E-state index contributed by atoms with van der Waals surface area (Å²) in [5.74, 6) is 2.69. The van der Waals surface area contributed by atoms with Crippen molar-refractivity contribution < 1.29 is 0 Å². The lowest BCUT2D eigenvalue weighted by Crippen LogP contribution is -2.32. The number of aryl methyl sites for hydroxylation is 1. The Kier molecular flexibility index (Phi) is 4.78. The summed E-state index contributed by atoms with van der Waals surface area (Å²) in [6.07, 6.45) is 0. The van der Waals surface area contributed by atoms with Gasteiger partial charge in [-0.2, -0.15) is 0 Å². The number of anilines is 2. The van der Waals surface area contributed by atoms with Gasteiger partial charge in [0.05, 0.1) is 0 Å². The number of aromatic nitrogens is 2. The highest BCUT2D eigenvalue weighted by molar-refractivity contribution is 5.59. The predicted octanol–water partition coefficient (Wildman–Crippen LogP) is 3.55. The highest BCUT2D eigenvalue weighted by Gasteiger charge is 2.18. The summed E-state index contributed by atoms with van der Waals surface area (Å²) >= 11 is 0. The molecule has 0 saturated carbocycles. The highest BCUT2D eigenvalue weighted by Crippen LogP contribution is 2.26. The molecule has 21 heavy (non-hydrogen) atoms. The van der Waals surface area contributed by atoms with Gasteiger partial charge < -0.3 is 10.2 Å². The van der Waals surface area contributed by atoms with E-state index in [-0.39, 0.29) is 0 Å². The van der Waals surface area contributed by atoms with Crippen molar-refractivity contribution in [1.82, 2.24) is 9.97 Å². The van der Waals surface area contributed by atoms with Crippen molar-refractivity contribution in [2.45, 2.75) is 40.3 Å². The fraction of sp³-hybridized carbons (Fsp3) is 0.412. The Hall–Kier alpha value is -2.10. The van der Waals surface area contributed by atoms with E-state index in [0.29, 0.717) is 6.04 Å². The molecule has 0 amide bonds. The molecule has 0 aliphatic heterocycles. The van der Waals surface area contributed by atoms with Crippen LogP contribution >= 0.6 is 0 Å². The van der Waals surface area contributed by atoms with E-state index in [4.69, 9.17) is 0 Å². The van der Waals surface area contributed by atoms with Crippen LogP contribution in [0.4, 0.5) is 11.6 Å². The van der Waals surface area contributed by atoms with Crippen molar-refractivity contribution in [1.29, 1.82) is 0 Å². The zero-order valence-corrected chi connectivity index (χ0v) is 13.5. The minimum atomic E-state index is 0.364. The number of nitrogens with one attached hydrogen (secondary N) is 1. The van der Waals surface area contributed by atoms with Gasteiger partial charge in [-0.3, -0.25) is 0 Å². The predicted molar refractivity (Wildman–Crippen MR) is 88.8 cm³/mol. The molecule has 0 bridgehead atoms. The fourth-order valence-corrected chi connectivity index (χ4v) is 2.42. The molecule has 2 rings (SSSR count). The summed E-state index contributed by atoms with van der Waals surface area (Å²) in [5.41, 5.74) is 2.38. The van der Waals surface area contributed by atoms with E-state index in [1.807, 2.05) is 20.0 Å². The van der Waals surface area contributed by atoms with E-state index in [9.17, 15) is 0 Å². The average Bonchev–Trinajstić information content (AvgIpc) is 2.48. The third-order valence-corrected chi connectivity index (χ3v) is 3.56. The van der Waals surface area contributed by atoms with Gasteiger partial charge in [-0.05, 0) is 33.3 Å². The number of benzene rings is 1. The summed E-state index contributed by atoms with van der Waals surface area (Å²) in [6.45, 7) is 9.24. The lowest BCUT2D eigenvalue weighted by atomic mass is 10.1. The van der Waals surface area contributed by atoms with Crippen molar-refractivity contribution in [2.24, 2.45) is 0 Å². The molecular formula is C17H24N4. The largest absolute Gasteiger partial charge is 0.373 e. The normalized spacial score (nSPS) is 10.8. The van der Waals surface area contributed by atoms with Gasteiger partial charge in [0.2, 0.25) is 0 Å². The first-order chi connectivity index (χ1) is 10.0. The van der Waals surface area contributed by atoms with Gasteiger partial charge in [-0.25, -0.2) is 9.97 Å². The summed E-state index contributed by atoms with van der Waals surface area (Å²) in [7, 11) is 1.90. The van der Waals surface area contributed by atoms with Crippen LogP contribution in [0.5, 0.6) is 0 Å². The highest BCUT2D eigenvalue weighted by atomic mass is 15.2. The first-order valence-corrected chi connectivity index (χ1v) is 7.36. The molecule has 0 atom stereocenters. The maximum Gasteiger partial charge on any atom is 0.137 e. The van der Waals surface area contributed by atoms with Gasteiger partial charge in [0.15, 0.2) is 0 Å². The maximum absolute atomic E-state index is 4.67. The van der Waals surface area contributed by atoms with Crippen LogP contribution in [0.3, 0.4) is 0 Å². The van der Waals surface area contributed by atoms with Crippen molar-refractivity contribution in [3.8, 4) is 0 Å². The Morgan fingerprint density at radius 1 is 1.10 bits per heavy atom. The molecule has 0 fully saturated rings. The van der Waals surface area contributed by atoms with E-state index in [2.05, 4.69) is 65.2 Å². The molecule has 1 aromatic carbocycles. The van der Waals surface area contributed by atoms with Crippen LogP contribution in [0.25, 0.3) is 0 Å². The van der Waals surface area contributed by atoms with E-state index < -0.39 is 0 Å². The van der Waals surface area contributed by atoms with Crippen molar-refractivity contribution in [3.63, 3.8) is 0 Å². The Balaban J connectivity index is 2.41. The van der Waals surface area contributed by atoms with Crippen LogP contribution in [-0.4, -0.2) is 23.1 Å². The minimum Gasteiger partial charge on any atom is -0.373 e. The first kappa shape index (κ1) is 15.3. The van der Waals surface area contributed by atoms with Crippen LogP contribution in [0.1, 0.15) is 30.8 Å². The van der Waals surface area contributed by atoms with Crippen molar-refractivity contribution in [2.75, 3.05) is 17.3 Å². The lowest BCUT2D eigenvalue weighted by molar-refractivity contribution is 0.667. The number of hydrogen-bond donors (Lipinski definition) is 1. The quantitative estimate of drug-likeness (QED) is 0.911. The average molecular weight is 284 g/mol.